The molecule has 2 aromatic rings. The van der Waals surface area contributed by atoms with Gasteiger partial charge >= 0.3 is 0 Å². The Hall–Kier alpha value is -1.69. The molecule has 0 aliphatic carbocycles. The summed E-state index contributed by atoms with van der Waals surface area (Å²) in [5, 5.41) is 11.1. The van der Waals surface area contributed by atoms with Crippen molar-refractivity contribution in [3.05, 3.63) is 36.3 Å². The monoisotopic (exact) mass is 211 g/mol. The molecule has 0 aliphatic heterocycles. The van der Waals surface area contributed by atoms with E-state index < -0.39 is 10.7 Å². The van der Waals surface area contributed by atoms with Gasteiger partial charge in [-0.15, -0.1) is 5.10 Å². The van der Waals surface area contributed by atoms with E-state index in [-0.39, 0.29) is 0 Å². The van der Waals surface area contributed by atoms with Crippen LogP contribution >= 0.6 is 0 Å². The molecule has 14 heavy (non-hydrogen) atoms. The second-order valence-electron chi connectivity index (χ2n) is 2.30. The molecular weight excluding hydrogens is 202 g/mol. The van der Waals surface area contributed by atoms with Gasteiger partial charge in [0, 0.05) is 5.41 Å². The Morgan fingerprint density at radius 3 is 2.57 bits per heavy atom. The Morgan fingerprint density at radius 1 is 1.36 bits per heavy atom. The topological polar surface area (TPSA) is 75.7 Å². The third-order valence-corrected chi connectivity index (χ3v) is 1.68. The summed E-state index contributed by atoms with van der Waals surface area (Å²) in [7, 11) is -2.33. The van der Waals surface area contributed by atoms with E-state index in [1.165, 1.54) is 0 Å². The summed E-state index contributed by atoms with van der Waals surface area (Å²) in [6.45, 7) is 2.96. The van der Waals surface area contributed by atoms with E-state index in [9.17, 15) is 8.42 Å². The van der Waals surface area contributed by atoms with Crippen LogP contribution in [-0.4, -0.2) is 23.8 Å². The summed E-state index contributed by atoms with van der Waals surface area (Å²) in [6, 6.07) is 7.74. The maximum Gasteiger partial charge on any atom is 0.160 e. The van der Waals surface area contributed by atoms with Crippen molar-refractivity contribution in [3.63, 3.8) is 0 Å². The fourth-order valence-electron chi connectivity index (χ4n) is 0.788. The molecule has 0 spiro atoms. The zero-order valence-electron chi connectivity index (χ0n) is 7.25. The van der Waals surface area contributed by atoms with Crippen LogP contribution in [0.15, 0.2) is 36.3 Å². The van der Waals surface area contributed by atoms with E-state index in [1.807, 2.05) is 24.3 Å². The van der Waals surface area contributed by atoms with Crippen LogP contribution in [-0.2, 0) is 10.7 Å². The minimum atomic E-state index is -2.33. The molecule has 0 atom stereocenters. The van der Waals surface area contributed by atoms with E-state index in [2.05, 4.69) is 22.0 Å². The molecule has 0 unspecified atom stereocenters. The average molecular weight is 211 g/mol. The molecule has 0 radical (unpaired) electrons. The van der Waals surface area contributed by atoms with Crippen molar-refractivity contribution >= 4 is 21.7 Å². The number of para-hydroxylation sites is 1. The molecule has 0 aliphatic rings. The number of hydrogen-bond acceptors (Lipinski definition) is 4. The predicted octanol–water partition coefficient (Wildman–Crippen LogP) is 0.699. The van der Waals surface area contributed by atoms with Crippen LogP contribution in [0.25, 0.3) is 11.0 Å². The Morgan fingerprint density at radius 2 is 2.00 bits per heavy atom. The molecule has 0 saturated heterocycles. The number of H-pyrrole nitrogens is 1. The quantitative estimate of drug-likeness (QED) is 0.681. The molecule has 1 N–H and O–H groups in total. The van der Waals surface area contributed by atoms with Gasteiger partial charge in [0.05, 0.1) is 5.52 Å². The maximum atomic E-state index is 9.29. The Kier molecular flexibility index (Phi) is 3.81. The van der Waals surface area contributed by atoms with Crippen LogP contribution in [0.4, 0.5) is 0 Å². The van der Waals surface area contributed by atoms with E-state index in [0.29, 0.717) is 0 Å². The number of benzene rings is 1. The zero-order chi connectivity index (χ0) is 10.4. The summed E-state index contributed by atoms with van der Waals surface area (Å²) in [5.74, 6) is 0. The van der Waals surface area contributed by atoms with Gasteiger partial charge in [0.1, 0.15) is 5.52 Å². The number of aromatic nitrogens is 3. The lowest BCUT2D eigenvalue weighted by Crippen LogP contribution is -1.63. The summed E-state index contributed by atoms with van der Waals surface area (Å²) in [6.07, 6.45) is 0. The van der Waals surface area contributed by atoms with Crippen molar-refractivity contribution in [1.82, 2.24) is 15.4 Å². The molecule has 5 nitrogen and oxygen atoms in total. The van der Waals surface area contributed by atoms with E-state index in [1.54, 1.807) is 0 Å². The first-order chi connectivity index (χ1) is 6.74. The van der Waals surface area contributed by atoms with Crippen molar-refractivity contribution < 1.29 is 8.42 Å². The first kappa shape index (κ1) is 10.4. The minimum Gasteiger partial charge on any atom is -0.258 e. The van der Waals surface area contributed by atoms with Crippen molar-refractivity contribution in [2.45, 2.75) is 0 Å². The molecule has 0 amide bonds. The molecule has 2 rings (SSSR count). The fourth-order valence-corrected chi connectivity index (χ4v) is 0.788. The molecule has 74 valence electrons. The smallest absolute Gasteiger partial charge is 0.160 e. The highest BCUT2D eigenvalue weighted by molar-refractivity contribution is 7.75. The third-order valence-electron chi connectivity index (χ3n) is 1.38. The average Bonchev–Trinajstić information content (AvgIpc) is 2.66. The van der Waals surface area contributed by atoms with Crippen LogP contribution < -0.4 is 0 Å². The molecule has 1 aromatic carbocycles. The number of nitrogens with one attached hydrogen (secondary N) is 1. The summed E-state index contributed by atoms with van der Waals surface area (Å²) in [5.41, 5.74) is 1.90. The molecule has 1 heterocycles. The maximum absolute atomic E-state index is 9.29. The van der Waals surface area contributed by atoms with Crippen LogP contribution in [0.5, 0.6) is 0 Å². The van der Waals surface area contributed by atoms with Crippen LogP contribution in [0.1, 0.15) is 0 Å². The normalized spacial score (nSPS) is 9.50. The van der Waals surface area contributed by atoms with E-state index in [4.69, 9.17) is 0 Å². The van der Waals surface area contributed by atoms with E-state index in [0.717, 1.165) is 16.4 Å². The highest BCUT2D eigenvalue weighted by atomic mass is 32.2. The second kappa shape index (κ2) is 5.13. The number of fused-ring (bicyclic) bond motifs is 1. The van der Waals surface area contributed by atoms with Gasteiger partial charge in [0.25, 0.3) is 0 Å². The lowest BCUT2D eigenvalue weighted by Gasteiger charge is -1.79. The van der Waals surface area contributed by atoms with Gasteiger partial charge in [0.15, 0.2) is 10.7 Å². The third kappa shape index (κ3) is 2.98. The number of aromatic amines is 1. The van der Waals surface area contributed by atoms with Crippen LogP contribution in [0.2, 0.25) is 0 Å². The Bertz CT molecular complexity index is 452. The van der Waals surface area contributed by atoms with Gasteiger partial charge < -0.3 is 0 Å². The molecule has 0 saturated carbocycles. The highest BCUT2D eigenvalue weighted by Crippen LogP contribution is 2.03. The highest BCUT2D eigenvalue weighted by Gasteiger charge is 1.90. The van der Waals surface area contributed by atoms with Crippen molar-refractivity contribution in [3.8, 4) is 0 Å². The number of nitrogens with zero attached hydrogens (tertiary/aromatic N) is 2. The summed E-state index contributed by atoms with van der Waals surface area (Å²) in [4.78, 5) is 0. The van der Waals surface area contributed by atoms with Crippen molar-refractivity contribution in [2.75, 3.05) is 0 Å². The second-order valence-corrected chi connectivity index (χ2v) is 3.23. The molecular formula is C8H9N3O2S. The Labute approximate surface area is 82.4 Å². The first-order valence-electron chi connectivity index (χ1n) is 3.76. The number of rotatable bonds is 1. The SMILES string of the molecule is C=C[SH](=O)=O.c1ccc2[nH]nnc2c1. The molecule has 1 aromatic heterocycles. The van der Waals surface area contributed by atoms with Gasteiger partial charge in [-0.05, 0) is 12.1 Å². The van der Waals surface area contributed by atoms with Gasteiger partial charge in [0.2, 0.25) is 0 Å². The largest absolute Gasteiger partial charge is 0.258 e. The van der Waals surface area contributed by atoms with E-state index >= 15 is 0 Å². The summed E-state index contributed by atoms with van der Waals surface area (Å²) >= 11 is 0. The van der Waals surface area contributed by atoms with Gasteiger partial charge in [-0.1, -0.05) is 23.9 Å². The van der Waals surface area contributed by atoms with Crippen LogP contribution in [0.3, 0.4) is 0 Å². The number of hydrogen-bond donors (Lipinski definition) is 2. The molecule has 6 heteroatoms. The molecule has 0 bridgehead atoms. The fraction of sp³-hybridized carbons (Fsp3) is 0. The van der Waals surface area contributed by atoms with Gasteiger partial charge in [-0.2, -0.15) is 0 Å². The lowest BCUT2D eigenvalue weighted by molar-refractivity contribution is 0.622. The van der Waals surface area contributed by atoms with Gasteiger partial charge in [-0.25, -0.2) is 8.42 Å². The standard InChI is InChI=1S/C6H5N3.C2H4O2S/c1-2-4-6-5(3-1)7-9-8-6;1-2-5(3)4/h1-4H,(H,7,8,9);2,5H,1H2. The van der Waals surface area contributed by atoms with Gasteiger partial charge in [-0.3, -0.25) is 5.10 Å². The first-order valence-corrected chi connectivity index (χ1v) is 5.00. The predicted molar refractivity (Wildman–Crippen MR) is 54.4 cm³/mol. The number of thiol groups is 1. The lowest BCUT2D eigenvalue weighted by atomic mass is 10.3. The zero-order valence-corrected chi connectivity index (χ0v) is 8.15. The van der Waals surface area contributed by atoms with Crippen LogP contribution in [0, 0.1) is 0 Å². The van der Waals surface area contributed by atoms with Crippen molar-refractivity contribution in [2.24, 2.45) is 0 Å². The Balaban J connectivity index is 0.000000171. The molecule has 0 fully saturated rings. The summed E-state index contributed by atoms with van der Waals surface area (Å²) < 4.78 is 18.6. The van der Waals surface area contributed by atoms with Crippen molar-refractivity contribution in [1.29, 1.82) is 0 Å². The minimum absolute atomic E-state index is 0.870.